The Morgan fingerprint density at radius 2 is 2.05 bits per heavy atom. The Morgan fingerprint density at radius 3 is 2.82 bits per heavy atom. The summed E-state index contributed by atoms with van der Waals surface area (Å²) in [7, 11) is 0. The fraction of sp³-hybridized carbons (Fsp3) is 0.353. The number of likely N-dealkylation sites (tertiary alicyclic amines) is 1. The zero-order valence-electron chi connectivity index (χ0n) is 12.2. The zero-order chi connectivity index (χ0) is 14.9. The molecule has 2 aliphatic heterocycles. The SMILES string of the molecule is O=C(c1cnccn1)N1C[C@@H]2CNC[C@@H]2[C@@H]1c1ccccc1. The van der Waals surface area contributed by atoms with Crippen LogP contribution < -0.4 is 5.32 Å². The van der Waals surface area contributed by atoms with Crippen molar-refractivity contribution >= 4 is 5.91 Å². The molecule has 0 spiro atoms. The molecule has 5 nitrogen and oxygen atoms in total. The van der Waals surface area contributed by atoms with E-state index < -0.39 is 0 Å². The van der Waals surface area contributed by atoms with Gasteiger partial charge in [-0.2, -0.15) is 0 Å². The number of amides is 1. The third-order valence-electron chi connectivity index (χ3n) is 4.75. The van der Waals surface area contributed by atoms with Crippen molar-refractivity contribution in [3.05, 3.63) is 60.2 Å². The fourth-order valence-electron chi connectivity index (χ4n) is 3.76. The number of hydrogen-bond donors (Lipinski definition) is 1. The van der Waals surface area contributed by atoms with Gasteiger partial charge in [-0.15, -0.1) is 0 Å². The summed E-state index contributed by atoms with van der Waals surface area (Å²) in [5, 5.41) is 3.46. The summed E-state index contributed by atoms with van der Waals surface area (Å²) in [6.07, 6.45) is 4.72. The highest BCUT2D eigenvalue weighted by atomic mass is 16.2. The molecule has 22 heavy (non-hydrogen) atoms. The van der Waals surface area contributed by atoms with Crippen molar-refractivity contribution in [2.45, 2.75) is 6.04 Å². The zero-order valence-corrected chi connectivity index (χ0v) is 12.2. The second-order valence-corrected chi connectivity index (χ2v) is 5.99. The van der Waals surface area contributed by atoms with Gasteiger partial charge in [0.2, 0.25) is 0 Å². The summed E-state index contributed by atoms with van der Waals surface area (Å²) < 4.78 is 0. The summed E-state index contributed by atoms with van der Waals surface area (Å²) in [4.78, 5) is 23.0. The van der Waals surface area contributed by atoms with E-state index in [0.717, 1.165) is 19.6 Å². The van der Waals surface area contributed by atoms with Crippen molar-refractivity contribution in [2.24, 2.45) is 11.8 Å². The number of carbonyl (C=O) groups excluding carboxylic acids is 1. The maximum atomic E-state index is 12.9. The topological polar surface area (TPSA) is 58.1 Å². The van der Waals surface area contributed by atoms with Gasteiger partial charge >= 0.3 is 0 Å². The van der Waals surface area contributed by atoms with E-state index >= 15 is 0 Å². The highest BCUT2D eigenvalue weighted by molar-refractivity contribution is 5.92. The molecule has 1 aromatic heterocycles. The second kappa shape index (κ2) is 5.50. The van der Waals surface area contributed by atoms with Gasteiger partial charge in [-0.25, -0.2) is 4.98 Å². The minimum atomic E-state index is -0.0173. The van der Waals surface area contributed by atoms with Crippen LogP contribution in [0.2, 0.25) is 0 Å². The van der Waals surface area contributed by atoms with E-state index in [-0.39, 0.29) is 11.9 Å². The van der Waals surface area contributed by atoms with Gasteiger partial charge in [0.1, 0.15) is 5.69 Å². The molecule has 0 saturated carbocycles. The molecule has 4 rings (SSSR count). The van der Waals surface area contributed by atoms with Gasteiger partial charge in [-0.1, -0.05) is 30.3 Å². The van der Waals surface area contributed by atoms with E-state index in [0.29, 0.717) is 17.5 Å². The van der Waals surface area contributed by atoms with Crippen molar-refractivity contribution in [1.29, 1.82) is 0 Å². The van der Waals surface area contributed by atoms with Gasteiger partial charge in [0.05, 0.1) is 12.2 Å². The number of carbonyl (C=O) groups is 1. The molecule has 2 aromatic rings. The van der Waals surface area contributed by atoms with Gasteiger partial charge in [0, 0.05) is 37.9 Å². The van der Waals surface area contributed by atoms with E-state index in [2.05, 4.69) is 27.4 Å². The van der Waals surface area contributed by atoms with Crippen molar-refractivity contribution < 1.29 is 4.79 Å². The molecule has 112 valence electrons. The molecular weight excluding hydrogens is 276 g/mol. The number of fused-ring (bicyclic) bond motifs is 1. The monoisotopic (exact) mass is 294 g/mol. The summed E-state index contributed by atoms with van der Waals surface area (Å²) >= 11 is 0. The molecular formula is C17H18N4O. The Bertz CT molecular complexity index is 661. The van der Waals surface area contributed by atoms with Crippen LogP contribution in [0, 0.1) is 11.8 Å². The van der Waals surface area contributed by atoms with Crippen LogP contribution in [0.1, 0.15) is 22.1 Å². The van der Waals surface area contributed by atoms with Crippen molar-refractivity contribution in [3.8, 4) is 0 Å². The maximum Gasteiger partial charge on any atom is 0.274 e. The lowest BCUT2D eigenvalue weighted by Crippen LogP contribution is -2.35. The Labute approximate surface area is 129 Å². The summed E-state index contributed by atoms with van der Waals surface area (Å²) in [5.74, 6) is 0.977. The fourth-order valence-corrected chi connectivity index (χ4v) is 3.76. The minimum absolute atomic E-state index is 0.0173. The molecule has 0 radical (unpaired) electrons. The van der Waals surface area contributed by atoms with Gasteiger partial charge in [-0.3, -0.25) is 9.78 Å². The largest absolute Gasteiger partial charge is 0.330 e. The molecule has 1 N–H and O–H groups in total. The normalized spacial score (nSPS) is 26.9. The van der Waals surface area contributed by atoms with Crippen LogP contribution in [0.4, 0.5) is 0 Å². The first-order valence-electron chi connectivity index (χ1n) is 7.67. The smallest absolute Gasteiger partial charge is 0.274 e. The molecule has 2 fully saturated rings. The summed E-state index contributed by atoms with van der Waals surface area (Å²) in [6.45, 7) is 2.74. The highest BCUT2D eigenvalue weighted by Crippen LogP contribution is 2.42. The summed E-state index contributed by atoms with van der Waals surface area (Å²) in [6, 6.07) is 10.4. The number of hydrogen-bond acceptors (Lipinski definition) is 4. The lowest BCUT2D eigenvalue weighted by molar-refractivity contribution is 0.0707. The average molecular weight is 294 g/mol. The van der Waals surface area contributed by atoms with E-state index in [1.807, 2.05) is 23.1 Å². The third kappa shape index (κ3) is 2.18. The van der Waals surface area contributed by atoms with Gasteiger partial charge in [-0.05, 0) is 11.5 Å². The molecule has 2 aliphatic rings. The van der Waals surface area contributed by atoms with E-state index in [1.165, 1.54) is 5.56 Å². The predicted octanol–water partition coefficient (Wildman–Crippen LogP) is 1.51. The number of aromatic nitrogens is 2. The quantitative estimate of drug-likeness (QED) is 0.912. The molecule has 3 atom stereocenters. The van der Waals surface area contributed by atoms with E-state index in [4.69, 9.17) is 0 Å². The molecule has 3 heterocycles. The maximum absolute atomic E-state index is 12.9. The van der Waals surface area contributed by atoms with Crippen LogP contribution in [-0.2, 0) is 0 Å². The first kappa shape index (κ1) is 13.4. The Kier molecular flexibility index (Phi) is 3.35. The Balaban J connectivity index is 1.70. The van der Waals surface area contributed by atoms with Crippen LogP contribution in [0.3, 0.4) is 0 Å². The second-order valence-electron chi connectivity index (χ2n) is 5.99. The molecule has 1 aromatic carbocycles. The van der Waals surface area contributed by atoms with Crippen LogP contribution in [0.25, 0.3) is 0 Å². The molecule has 0 aliphatic carbocycles. The number of nitrogens with zero attached hydrogens (tertiary/aromatic N) is 3. The van der Waals surface area contributed by atoms with Gasteiger partial charge in [0.25, 0.3) is 5.91 Å². The Hall–Kier alpha value is -2.27. The van der Waals surface area contributed by atoms with Crippen LogP contribution >= 0.6 is 0 Å². The van der Waals surface area contributed by atoms with Crippen LogP contribution in [0.5, 0.6) is 0 Å². The lowest BCUT2D eigenvalue weighted by Gasteiger charge is -2.28. The lowest BCUT2D eigenvalue weighted by atomic mass is 9.89. The molecule has 0 unspecified atom stereocenters. The first-order valence-corrected chi connectivity index (χ1v) is 7.67. The van der Waals surface area contributed by atoms with Crippen molar-refractivity contribution in [2.75, 3.05) is 19.6 Å². The van der Waals surface area contributed by atoms with Gasteiger partial charge in [0.15, 0.2) is 0 Å². The minimum Gasteiger partial charge on any atom is -0.330 e. The predicted molar refractivity (Wildman–Crippen MR) is 82.1 cm³/mol. The Morgan fingerprint density at radius 1 is 1.18 bits per heavy atom. The molecule has 0 bridgehead atoms. The van der Waals surface area contributed by atoms with Crippen LogP contribution in [0.15, 0.2) is 48.9 Å². The van der Waals surface area contributed by atoms with Crippen LogP contribution in [-0.4, -0.2) is 40.4 Å². The molecule has 5 heteroatoms. The number of benzene rings is 1. The standard InChI is InChI=1S/C17H18N4O/c22-17(15-10-18-6-7-20-15)21-11-13-8-19-9-14(13)16(21)12-4-2-1-3-5-12/h1-7,10,13-14,16,19H,8-9,11H2/t13-,14-,16-/m0/s1. The first-order chi connectivity index (χ1) is 10.8. The number of rotatable bonds is 2. The summed E-state index contributed by atoms with van der Waals surface area (Å²) in [5.41, 5.74) is 1.63. The average Bonchev–Trinajstić information content (AvgIpc) is 3.16. The van der Waals surface area contributed by atoms with E-state index in [9.17, 15) is 4.79 Å². The van der Waals surface area contributed by atoms with Crippen molar-refractivity contribution in [3.63, 3.8) is 0 Å². The molecule has 1 amide bonds. The number of nitrogens with one attached hydrogen (secondary N) is 1. The van der Waals surface area contributed by atoms with Gasteiger partial charge < -0.3 is 10.2 Å². The highest BCUT2D eigenvalue weighted by Gasteiger charge is 2.47. The molecule has 2 saturated heterocycles. The van der Waals surface area contributed by atoms with Crippen molar-refractivity contribution in [1.82, 2.24) is 20.2 Å². The van der Waals surface area contributed by atoms with E-state index in [1.54, 1.807) is 18.6 Å². The third-order valence-corrected chi connectivity index (χ3v) is 4.75.